The van der Waals surface area contributed by atoms with Crippen molar-refractivity contribution in [3.63, 3.8) is 0 Å². The molecule has 0 amide bonds. The third-order valence-electron chi connectivity index (χ3n) is 2.18. The van der Waals surface area contributed by atoms with Gasteiger partial charge in [-0.1, -0.05) is 6.92 Å². The second kappa shape index (κ2) is 4.64. The maximum Gasteiger partial charge on any atom is 0.342 e. The normalized spacial score (nSPS) is 10.4. The molecule has 0 aliphatic rings. The van der Waals surface area contributed by atoms with Crippen molar-refractivity contribution < 1.29 is 9.53 Å². The molecule has 0 aliphatic carbocycles. The largest absolute Gasteiger partial charge is 0.454 e. The van der Waals surface area contributed by atoms with E-state index in [1.807, 2.05) is 6.92 Å². The van der Waals surface area contributed by atoms with E-state index in [-0.39, 0.29) is 12.4 Å². The van der Waals surface area contributed by atoms with E-state index in [2.05, 4.69) is 25.4 Å². The zero-order valence-electron chi connectivity index (χ0n) is 9.11. The van der Waals surface area contributed by atoms with E-state index in [0.29, 0.717) is 17.7 Å². The van der Waals surface area contributed by atoms with E-state index in [4.69, 9.17) is 4.74 Å². The summed E-state index contributed by atoms with van der Waals surface area (Å²) in [5.74, 6) is -0.232. The molecule has 0 radical (unpaired) electrons. The molecule has 0 aromatic carbocycles. The summed E-state index contributed by atoms with van der Waals surface area (Å²) < 4.78 is 4.98. The Balaban J connectivity index is 2.00. The molecule has 0 fully saturated rings. The molecule has 0 spiro atoms. The lowest BCUT2D eigenvalue weighted by atomic mass is 10.2. The standard InChI is InChI=1S/C9H11N5O3/c1-2-6-5(3-10-12-6)8(15)17-4-7-11-9(16)14-13-7/h3H,2,4H2,1H3,(H,10,12)(H2,11,13,14,16). The number of H-pyrrole nitrogens is 3. The van der Waals surface area contributed by atoms with Crippen LogP contribution in [0.4, 0.5) is 0 Å². The van der Waals surface area contributed by atoms with Gasteiger partial charge in [-0.25, -0.2) is 14.7 Å². The lowest BCUT2D eigenvalue weighted by Crippen LogP contribution is -2.08. The van der Waals surface area contributed by atoms with Gasteiger partial charge in [-0.2, -0.15) is 10.2 Å². The van der Waals surface area contributed by atoms with Crippen molar-refractivity contribution in [1.29, 1.82) is 0 Å². The second-order valence-electron chi connectivity index (χ2n) is 3.32. The highest BCUT2D eigenvalue weighted by atomic mass is 16.5. The first-order valence-corrected chi connectivity index (χ1v) is 5.03. The van der Waals surface area contributed by atoms with E-state index in [1.165, 1.54) is 6.20 Å². The lowest BCUT2D eigenvalue weighted by Gasteiger charge is -2.01. The molecule has 2 aromatic heterocycles. The van der Waals surface area contributed by atoms with E-state index in [0.717, 1.165) is 0 Å². The zero-order chi connectivity index (χ0) is 12.3. The summed E-state index contributed by atoms with van der Waals surface area (Å²) in [5.41, 5.74) is 0.671. The van der Waals surface area contributed by atoms with Gasteiger partial charge in [-0.05, 0) is 6.42 Å². The van der Waals surface area contributed by atoms with Gasteiger partial charge < -0.3 is 4.74 Å². The third kappa shape index (κ3) is 2.41. The van der Waals surface area contributed by atoms with Gasteiger partial charge in [0.25, 0.3) is 0 Å². The number of carbonyl (C=O) groups is 1. The Bertz CT molecular complexity index is 567. The van der Waals surface area contributed by atoms with Gasteiger partial charge in [0.1, 0.15) is 5.56 Å². The predicted octanol–water partition coefficient (Wildman–Crippen LogP) is -0.260. The molecule has 8 heteroatoms. The molecule has 8 nitrogen and oxygen atoms in total. The smallest absolute Gasteiger partial charge is 0.342 e. The average molecular weight is 237 g/mol. The summed E-state index contributed by atoms with van der Waals surface area (Å²) in [4.78, 5) is 24.8. The van der Waals surface area contributed by atoms with Crippen LogP contribution in [0.5, 0.6) is 0 Å². The van der Waals surface area contributed by atoms with Crippen molar-refractivity contribution in [2.45, 2.75) is 20.0 Å². The van der Waals surface area contributed by atoms with E-state index in [1.54, 1.807) is 0 Å². The first-order chi connectivity index (χ1) is 8.20. The van der Waals surface area contributed by atoms with Gasteiger partial charge in [0.2, 0.25) is 0 Å². The molecule has 0 saturated carbocycles. The minimum Gasteiger partial charge on any atom is -0.454 e. The Labute approximate surface area is 95.4 Å². The number of nitrogens with one attached hydrogen (secondary N) is 3. The van der Waals surface area contributed by atoms with Crippen LogP contribution >= 0.6 is 0 Å². The summed E-state index contributed by atoms with van der Waals surface area (Å²) in [6.45, 7) is 1.81. The molecule has 17 heavy (non-hydrogen) atoms. The number of rotatable bonds is 4. The number of carbonyl (C=O) groups excluding carboxylic acids is 1. The summed E-state index contributed by atoms with van der Waals surface area (Å²) in [6, 6.07) is 0. The fraction of sp³-hybridized carbons (Fsp3) is 0.333. The molecule has 90 valence electrons. The maximum atomic E-state index is 11.7. The fourth-order valence-electron chi connectivity index (χ4n) is 1.34. The molecular formula is C9H11N5O3. The molecule has 2 aromatic rings. The Morgan fingerprint density at radius 3 is 2.94 bits per heavy atom. The Kier molecular flexibility index (Phi) is 3.03. The summed E-state index contributed by atoms with van der Waals surface area (Å²) in [7, 11) is 0. The van der Waals surface area contributed by atoms with Gasteiger partial charge in [0.05, 0.1) is 6.20 Å². The van der Waals surface area contributed by atoms with Gasteiger partial charge in [0.15, 0.2) is 12.4 Å². The van der Waals surface area contributed by atoms with Crippen LogP contribution in [0.2, 0.25) is 0 Å². The number of aryl methyl sites for hydroxylation is 1. The second-order valence-corrected chi connectivity index (χ2v) is 3.32. The van der Waals surface area contributed by atoms with Crippen molar-refractivity contribution in [2.75, 3.05) is 0 Å². The number of aromatic amines is 3. The number of aromatic nitrogens is 5. The molecule has 0 aliphatic heterocycles. The Morgan fingerprint density at radius 2 is 2.29 bits per heavy atom. The van der Waals surface area contributed by atoms with Crippen molar-refractivity contribution in [1.82, 2.24) is 25.4 Å². The number of hydrogen-bond donors (Lipinski definition) is 3. The minimum absolute atomic E-state index is 0.0914. The molecule has 0 bridgehead atoms. The highest BCUT2D eigenvalue weighted by Crippen LogP contribution is 2.07. The van der Waals surface area contributed by atoms with Gasteiger partial charge >= 0.3 is 11.7 Å². The van der Waals surface area contributed by atoms with Crippen LogP contribution in [0.1, 0.15) is 28.8 Å². The van der Waals surface area contributed by atoms with Gasteiger partial charge in [-0.3, -0.25) is 10.1 Å². The zero-order valence-corrected chi connectivity index (χ0v) is 9.11. The van der Waals surface area contributed by atoms with Crippen LogP contribution in [0.25, 0.3) is 0 Å². The number of nitrogens with zero attached hydrogens (tertiary/aromatic N) is 2. The van der Waals surface area contributed by atoms with Crippen LogP contribution in [0.3, 0.4) is 0 Å². The Hall–Kier alpha value is -2.38. The van der Waals surface area contributed by atoms with Crippen LogP contribution in [0, 0.1) is 0 Å². The molecular weight excluding hydrogens is 226 g/mol. The first kappa shape index (κ1) is 11.1. The Morgan fingerprint density at radius 1 is 1.47 bits per heavy atom. The predicted molar refractivity (Wildman–Crippen MR) is 56.3 cm³/mol. The van der Waals surface area contributed by atoms with Crippen LogP contribution in [-0.2, 0) is 17.8 Å². The first-order valence-electron chi connectivity index (χ1n) is 5.03. The molecule has 0 saturated heterocycles. The monoisotopic (exact) mass is 237 g/mol. The summed E-state index contributed by atoms with van der Waals surface area (Å²) >= 11 is 0. The molecule has 0 atom stereocenters. The van der Waals surface area contributed by atoms with Crippen molar-refractivity contribution in [3.05, 3.63) is 33.8 Å². The number of ether oxygens (including phenoxy) is 1. The van der Waals surface area contributed by atoms with Crippen molar-refractivity contribution in [2.24, 2.45) is 0 Å². The molecule has 0 unspecified atom stereocenters. The molecule has 2 rings (SSSR count). The fourth-order valence-corrected chi connectivity index (χ4v) is 1.34. The number of hydrogen-bond acceptors (Lipinski definition) is 5. The average Bonchev–Trinajstić information content (AvgIpc) is 2.94. The van der Waals surface area contributed by atoms with Gasteiger partial charge in [-0.15, -0.1) is 0 Å². The quantitative estimate of drug-likeness (QED) is 0.633. The van der Waals surface area contributed by atoms with Crippen molar-refractivity contribution in [3.8, 4) is 0 Å². The van der Waals surface area contributed by atoms with Gasteiger partial charge in [0, 0.05) is 5.69 Å². The summed E-state index contributed by atoms with van der Waals surface area (Å²) in [5, 5.41) is 12.3. The minimum atomic E-state index is -0.501. The van der Waals surface area contributed by atoms with Crippen LogP contribution in [-0.4, -0.2) is 31.3 Å². The highest BCUT2D eigenvalue weighted by molar-refractivity contribution is 5.90. The summed E-state index contributed by atoms with van der Waals surface area (Å²) in [6.07, 6.45) is 2.07. The van der Waals surface area contributed by atoms with E-state index < -0.39 is 11.7 Å². The lowest BCUT2D eigenvalue weighted by molar-refractivity contribution is 0.0461. The van der Waals surface area contributed by atoms with Crippen molar-refractivity contribution >= 4 is 5.97 Å². The van der Waals surface area contributed by atoms with E-state index in [9.17, 15) is 9.59 Å². The maximum absolute atomic E-state index is 11.7. The topological polar surface area (TPSA) is 117 Å². The SMILES string of the molecule is CCc1[nH]ncc1C(=O)OCc1n[nH]c(=O)[nH]1. The van der Waals surface area contributed by atoms with Crippen LogP contribution < -0.4 is 5.69 Å². The molecule has 3 N–H and O–H groups in total. The highest BCUT2D eigenvalue weighted by Gasteiger charge is 2.14. The van der Waals surface area contributed by atoms with E-state index >= 15 is 0 Å². The number of esters is 1. The molecule has 2 heterocycles. The third-order valence-corrected chi connectivity index (χ3v) is 2.18. The van der Waals surface area contributed by atoms with Crippen LogP contribution in [0.15, 0.2) is 11.0 Å².